The van der Waals surface area contributed by atoms with Crippen LogP contribution < -0.4 is 0 Å². The molecule has 4 aliphatic carbocycles. The lowest BCUT2D eigenvalue weighted by atomic mass is 9.47. The number of hydrogen-bond acceptors (Lipinski definition) is 6. The largest absolute Gasteiger partial charge is 0.412 e. The van der Waals surface area contributed by atoms with E-state index in [0.29, 0.717) is 24.4 Å². The molecule has 0 aliphatic heterocycles. The third-order valence-corrected chi connectivity index (χ3v) is 11.6. The number of rotatable bonds is 8. The molecule has 0 aromatic heterocycles. The zero-order chi connectivity index (χ0) is 27.3. The SMILES string of the molecule is CON=C1C=C[C@@]2(C)C(=C1)CCC1C2CC[C@@]2(C)C1CC[C@]2(O[Si](C)(C)C)C(CO[Si](C)(C)C)=NOC. The quantitative estimate of drug-likeness (QED) is 0.184. The molecule has 0 N–H and O–H groups in total. The lowest BCUT2D eigenvalue weighted by molar-refractivity contribution is -0.0812. The highest BCUT2D eigenvalue weighted by Crippen LogP contribution is 2.68. The smallest absolute Gasteiger partial charge is 0.185 e. The van der Waals surface area contributed by atoms with E-state index in [4.69, 9.17) is 18.5 Å². The van der Waals surface area contributed by atoms with Crippen LogP contribution in [0.15, 0.2) is 34.1 Å². The van der Waals surface area contributed by atoms with Gasteiger partial charge in [0.25, 0.3) is 0 Å². The van der Waals surface area contributed by atoms with Crippen LogP contribution >= 0.6 is 0 Å². The second-order valence-corrected chi connectivity index (χ2v) is 23.0. The van der Waals surface area contributed by atoms with Crippen LogP contribution in [0.3, 0.4) is 0 Å². The van der Waals surface area contributed by atoms with E-state index in [-0.39, 0.29) is 10.8 Å². The van der Waals surface area contributed by atoms with Crippen LogP contribution in [0, 0.1) is 28.6 Å². The van der Waals surface area contributed by atoms with Crippen LogP contribution in [0.2, 0.25) is 39.3 Å². The fraction of sp³-hybridized carbons (Fsp3) is 0.793. The molecular formula is C29H50N2O4Si2. The number of fused-ring (bicyclic) bond motifs is 5. The molecule has 6 nitrogen and oxygen atoms in total. The molecule has 0 amide bonds. The van der Waals surface area contributed by atoms with Gasteiger partial charge in [-0.1, -0.05) is 35.8 Å². The Hall–Kier alpha value is -1.23. The lowest BCUT2D eigenvalue weighted by Crippen LogP contribution is -2.62. The van der Waals surface area contributed by atoms with E-state index in [0.717, 1.165) is 30.7 Å². The van der Waals surface area contributed by atoms with Crippen molar-refractivity contribution in [3.8, 4) is 0 Å². The minimum absolute atomic E-state index is 0.00718. The van der Waals surface area contributed by atoms with E-state index < -0.39 is 22.2 Å². The summed E-state index contributed by atoms with van der Waals surface area (Å²) in [7, 11) is -0.371. The van der Waals surface area contributed by atoms with Crippen LogP contribution in [-0.2, 0) is 18.5 Å². The van der Waals surface area contributed by atoms with Crippen molar-refractivity contribution < 1.29 is 18.5 Å². The first kappa shape index (κ1) is 28.8. The predicted molar refractivity (Wildman–Crippen MR) is 157 cm³/mol. The fourth-order valence-electron chi connectivity index (χ4n) is 8.20. The molecule has 3 fully saturated rings. The van der Waals surface area contributed by atoms with Crippen molar-refractivity contribution in [2.24, 2.45) is 38.9 Å². The second kappa shape index (κ2) is 10.1. The van der Waals surface area contributed by atoms with Gasteiger partial charge in [-0.2, -0.15) is 0 Å². The second-order valence-electron chi connectivity index (χ2n) is 14.1. The molecule has 0 bridgehead atoms. The Morgan fingerprint density at radius 1 is 0.946 bits per heavy atom. The Balaban J connectivity index is 1.71. The monoisotopic (exact) mass is 546 g/mol. The number of hydrogen-bond donors (Lipinski definition) is 0. The van der Waals surface area contributed by atoms with Crippen LogP contribution in [0.4, 0.5) is 0 Å². The number of allylic oxidation sites excluding steroid dienone is 4. The van der Waals surface area contributed by atoms with Gasteiger partial charge < -0.3 is 18.5 Å². The van der Waals surface area contributed by atoms with E-state index in [2.05, 4.69) is 81.7 Å². The van der Waals surface area contributed by atoms with Gasteiger partial charge in [0.2, 0.25) is 0 Å². The molecule has 37 heavy (non-hydrogen) atoms. The fourth-order valence-corrected chi connectivity index (χ4v) is 10.3. The highest BCUT2D eigenvalue weighted by Gasteiger charge is 2.67. The van der Waals surface area contributed by atoms with E-state index >= 15 is 0 Å². The molecule has 0 spiro atoms. The Kier molecular flexibility index (Phi) is 7.83. The maximum absolute atomic E-state index is 7.30. The first-order chi connectivity index (χ1) is 17.2. The average molecular weight is 547 g/mol. The highest BCUT2D eigenvalue weighted by atomic mass is 28.4. The zero-order valence-corrected chi connectivity index (χ0v) is 26.9. The minimum Gasteiger partial charge on any atom is -0.412 e. The number of nitrogens with zero attached hydrogens (tertiary/aromatic N) is 2. The van der Waals surface area contributed by atoms with Gasteiger partial charge in [-0.15, -0.1) is 0 Å². The van der Waals surface area contributed by atoms with Gasteiger partial charge in [0.05, 0.1) is 6.61 Å². The van der Waals surface area contributed by atoms with Gasteiger partial charge in [0, 0.05) is 10.8 Å². The van der Waals surface area contributed by atoms with Crippen molar-refractivity contribution in [2.75, 3.05) is 20.8 Å². The normalized spacial score (nSPS) is 39.1. The van der Waals surface area contributed by atoms with Crippen molar-refractivity contribution in [3.63, 3.8) is 0 Å². The minimum atomic E-state index is -1.91. The molecule has 6 atom stereocenters. The van der Waals surface area contributed by atoms with Gasteiger partial charge in [-0.25, -0.2) is 0 Å². The molecule has 4 rings (SSSR count). The number of oxime groups is 2. The molecule has 8 heteroatoms. The third kappa shape index (κ3) is 5.20. The van der Waals surface area contributed by atoms with Crippen molar-refractivity contribution in [1.29, 1.82) is 0 Å². The summed E-state index contributed by atoms with van der Waals surface area (Å²) < 4.78 is 13.8. The Labute approximate surface area is 227 Å². The van der Waals surface area contributed by atoms with Gasteiger partial charge >= 0.3 is 0 Å². The van der Waals surface area contributed by atoms with Gasteiger partial charge in [0.1, 0.15) is 31.2 Å². The van der Waals surface area contributed by atoms with Crippen molar-refractivity contribution in [2.45, 2.75) is 97.3 Å². The molecule has 0 heterocycles. The van der Waals surface area contributed by atoms with Crippen LogP contribution in [-0.4, -0.2) is 54.5 Å². The van der Waals surface area contributed by atoms with Crippen LogP contribution in [0.1, 0.15) is 52.4 Å². The molecular weight excluding hydrogens is 497 g/mol. The zero-order valence-electron chi connectivity index (χ0n) is 24.9. The van der Waals surface area contributed by atoms with Gasteiger partial charge in [-0.3, -0.25) is 0 Å². The molecule has 0 aromatic rings. The summed E-state index contributed by atoms with van der Waals surface area (Å²) in [5, 5.41) is 8.88. The summed E-state index contributed by atoms with van der Waals surface area (Å²) >= 11 is 0. The lowest BCUT2D eigenvalue weighted by Gasteiger charge is -2.59. The van der Waals surface area contributed by atoms with E-state index in [1.165, 1.54) is 24.8 Å². The van der Waals surface area contributed by atoms with Crippen molar-refractivity contribution >= 4 is 28.1 Å². The average Bonchev–Trinajstić information content (AvgIpc) is 3.08. The van der Waals surface area contributed by atoms with Crippen molar-refractivity contribution in [1.82, 2.24) is 0 Å². The molecule has 3 unspecified atom stereocenters. The molecule has 0 aromatic carbocycles. The molecule has 208 valence electrons. The van der Waals surface area contributed by atoms with Gasteiger partial charge in [-0.05, 0) is 108 Å². The predicted octanol–water partition coefficient (Wildman–Crippen LogP) is 7.17. The molecule has 0 saturated heterocycles. The Morgan fingerprint density at radius 2 is 1.65 bits per heavy atom. The van der Waals surface area contributed by atoms with Crippen LogP contribution in [0.25, 0.3) is 0 Å². The molecule has 0 radical (unpaired) electrons. The third-order valence-electron chi connectivity index (χ3n) is 9.67. The van der Waals surface area contributed by atoms with E-state index in [1.54, 1.807) is 14.2 Å². The maximum atomic E-state index is 7.30. The first-order valence-corrected chi connectivity index (χ1v) is 21.0. The summed E-state index contributed by atoms with van der Waals surface area (Å²) in [5.74, 6) is 1.90. The maximum Gasteiger partial charge on any atom is 0.185 e. The highest BCUT2D eigenvalue weighted by molar-refractivity contribution is 6.70. The summed E-state index contributed by atoms with van der Waals surface area (Å²) in [6.07, 6.45) is 13.7. The van der Waals surface area contributed by atoms with E-state index in [1.807, 2.05) is 0 Å². The summed E-state index contributed by atoms with van der Waals surface area (Å²) in [4.78, 5) is 10.6. The van der Waals surface area contributed by atoms with Crippen molar-refractivity contribution in [3.05, 3.63) is 23.8 Å². The Bertz CT molecular complexity index is 995. The Morgan fingerprint density at radius 3 is 2.27 bits per heavy atom. The topological polar surface area (TPSA) is 61.6 Å². The standard InChI is InChI=1S/C29H50N2O4Si2/c1-27-16-13-22(30-32-3)19-21(27)11-12-23-24(27)14-17-28(2)25(23)15-18-29(28,35-37(8,9)10)26(31-33-4)20-34-36(5,6)7/h13,16,19,23-25H,11-12,14-15,17-18,20H2,1-10H3/t23?,24?,25?,27-,28-,29-/m0/s1. The molecule has 3 saturated carbocycles. The molecule has 4 aliphatic rings. The van der Waals surface area contributed by atoms with Gasteiger partial charge in [0.15, 0.2) is 16.6 Å². The summed E-state index contributed by atoms with van der Waals surface area (Å²) in [6, 6.07) is 0. The van der Waals surface area contributed by atoms with E-state index in [9.17, 15) is 0 Å². The van der Waals surface area contributed by atoms with Crippen LogP contribution in [0.5, 0.6) is 0 Å². The summed E-state index contributed by atoms with van der Waals surface area (Å²) in [6.45, 7) is 19.1. The first-order valence-electron chi connectivity index (χ1n) is 14.2. The summed E-state index contributed by atoms with van der Waals surface area (Å²) in [5.41, 5.74) is 3.09.